The maximum atomic E-state index is 11.7. The van der Waals surface area contributed by atoms with Crippen LogP contribution in [0.5, 0.6) is 0 Å². The Morgan fingerprint density at radius 1 is 1.25 bits per heavy atom. The second-order valence-electron chi connectivity index (χ2n) is 4.97. The summed E-state index contributed by atoms with van der Waals surface area (Å²) in [5.41, 5.74) is 4.42. The Bertz CT molecular complexity index is 828. The van der Waals surface area contributed by atoms with Crippen LogP contribution in [0.4, 0.5) is 0 Å². The Labute approximate surface area is 116 Å². The second kappa shape index (κ2) is 4.26. The van der Waals surface area contributed by atoms with E-state index in [0.717, 1.165) is 11.3 Å². The van der Waals surface area contributed by atoms with Gasteiger partial charge in [-0.05, 0) is 19.4 Å². The van der Waals surface area contributed by atoms with E-state index >= 15 is 0 Å². The normalized spacial score (nSPS) is 11.2. The molecule has 0 amide bonds. The molecular weight excluding hydrogens is 254 g/mol. The number of carbonyl (C=O) groups is 1. The van der Waals surface area contributed by atoms with E-state index in [1.807, 2.05) is 31.8 Å². The van der Waals surface area contributed by atoms with Gasteiger partial charge < -0.3 is 4.57 Å². The predicted molar refractivity (Wildman–Crippen MR) is 75.5 cm³/mol. The molecule has 20 heavy (non-hydrogen) atoms. The fraction of sp³-hybridized carbons (Fsp3) is 0.286. The number of ketones is 1. The zero-order valence-corrected chi connectivity index (χ0v) is 11.9. The molecular formula is C14H15N5O. The van der Waals surface area contributed by atoms with Crippen LogP contribution >= 0.6 is 0 Å². The maximum absolute atomic E-state index is 11.7. The van der Waals surface area contributed by atoms with Crippen molar-refractivity contribution in [3.63, 3.8) is 0 Å². The molecule has 0 atom stereocenters. The lowest BCUT2D eigenvalue weighted by Gasteiger charge is -2.00. The van der Waals surface area contributed by atoms with E-state index in [1.165, 1.54) is 6.92 Å². The standard InChI is InChI=1S/C14H15N5O/c1-8-6-19(4)17-12(8)11-5-15-14-13(16-11)10(9(2)20)7-18(14)3/h5-7H,1-4H3. The number of rotatable bonds is 2. The van der Waals surface area contributed by atoms with Crippen molar-refractivity contribution in [2.75, 3.05) is 0 Å². The highest BCUT2D eigenvalue weighted by Gasteiger charge is 2.16. The zero-order chi connectivity index (χ0) is 14.4. The van der Waals surface area contributed by atoms with Gasteiger partial charge in [0.1, 0.15) is 16.9 Å². The van der Waals surface area contributed by atoms with Crippen LogP contribution in [0.2, 0.25) is 0 Å². The van der Waals surface area contributed by atoms with E-state index in [0.29, 0.717) is 22.4 Å². The number of nitrogens with zero attached hydrogens (tertiary/aromatic N) is 5. The van der Waals surface area contributed by atoms with E-state index in [9.17, 15) is 4.79 Å². The van der Waals surface area contributed by atoms with Crippen molar-refractivity contribution in [2.24, 2.45) is 14.1 Å². The zero-order valence-electron chi connectivity index (χ0n) is 11.9. The molecule has 0 aromatic carbocycles. The van der Waals surface area contributed by atoms with Gasteiger partial charge in [-0.2, -0.15) is 5.10 Å². The summed E-state index contributed by atoms with van der Waals surface area (Å²) in [4.78, 5) is 20.7. The van der Waals surface area contributed by atoms with Gasteiger partial charge in [0.15, 0.2) is 11.4 Å². The summed E-state index contributed by atoms with van der Waals surface area (Å²) in [6.07, 6.45) is 5.39. The van der Waals surface area contributed by atoms with Crippen LogP contribution in [0.25, 0.3) is 22.6 Å². The summed E-state index contributed by atoms with van der Waals surface area (Å²) >= 11 is 0. The number of fused-ring (bicyclic) bond motifs is 1. The number of aryl methyl sites for hydroxylation is 3. The molecule has 0 spiro atoms. The second-order valence-corrected chi connectivity index (χ2v) is 4.97. The van der Waals surface area contributed by atoms with E-state index < -0.39 is 0 Å². The van der Waals surface area contributed by atoms with E-state index in [-0.39, 0.29) is 5.78 Å². The van der Waals surface area contributed by atoms with Crippen LogP contribution in [0.1, 0.15) is 22.8 Å². The summed E-state index contributed by atoms with van der Waals surface area (Å²) in [7, 11) is 3.72. The summed E-state index contributed by atoms with van der Waals surface area (Å²) in [5.74, 6) is -0.0141. The molecule has 0 bridgehead atoms. The molecule has 3 rings (SSSR count). The summed E-state index contributed by atoms with van der Waals surface area (Å²) in [5, 5.41) is 4.39. The molecule has 0 saturated carbocycles. The number of hydrogen-bond donors (Lipinski definition) is 0. The highest BCUT2D eigenvalue weighted by atomic mass is 16.1. The van der Waals surface area contributed by atoms with Gasteiger partial charge >= 0.3 is 0 Å². The quantitative estimate of drug-likeness (QED) is 0.666. The van der Waals surface area contributed by atoms with Crippen LogP contribution in [0.15, 0.2) is 18.6 Å². The maximum Gasteiger partial charge on any atom is 0.163 e. The third-order valence-electron chi connectivity index (χ3n) is 3.30. The van der Waals surface area contributed by atoms with Crippen molar-refractivity contribution in [1.29, 1.82) is 0 Å². The number of carbonyl (C=O) groups excluding carboxylic acids is 1. The summed E-state index contributed by atoms with van der Waals surface area (Å²) < 4.78 is 3.56. The lowest BCUT2D eigenvalue weighted by atomic mass is 10.2. The van der Waals surface area contributed by atoms with Gasteiger partial charge in [-0.1, -0.05) is 0 Å². The fourth-order valence-electron chi connectivity index (χ4n) is 2.37. The highest BCUT2D eigenvalue weighted by Crippen LogP contribution is 2.23. The average Bonchev–Trinajstić information content (AvgIpc) is 2.89. The van der Waals surface area contributed by atoms with Gasteiger partial charge in [0.25, 0.3) is 0 Å². The first-order valence-electron chi connectivity index (χ1n) is 6.31. The largest absolute Gasteiger partial charge is 0.333 e. The molecule has 0 unspecified atom stereocenters. The van der Waals surface area contributed by atoms with Crippen LogP contribution in [-0.2, 0) is 14.1 Å². The SMILES string of the molecule is CC(=O)c1cn(C)c2ncc(-c3nn(C)cc3C)nc12. The van der Waals surface area contributed by atoms with Crippen molar-refractivity contribution in [3.8, 4) is 11.4 Å². The predicted octanol–water partition coefficient (Wildman–Crippen LogP) is 1.88. The Morgan fingerprint density at radius 3 is 2.60 bits per heavy atom. The highest BCUT2D eigenvalue weighted by molar-refractivity contribution is 6.04. The van der Waals surface area contributed by atoms with Crippen molar-refractivity contribution >= 4 is 16.9 Å². The van der Waals surface area contributed by atoms with Gasteiger partial charge in [-0.15, -0.1) is 0 Å². The summed E-state index contributed by atoms with van der Waals surface area (Å²) in [6, 6.07) is 0. The molecule has 3 aromatic rings. The third-order valence-corrected chi connectivity index (χ3v) is 3.30. The fourth-order valence-corrected chi connectivity index (χ4v) is 2.37. The number of aromatic nitrogens is 5. The van der Waals surface area contributed by atoms with Crippen molar-refractivity contribution in [2.45, 2.75) is 13.8 Å². The molecule has 6 heteroatoms. The molecule has 0 aliphatic carbocycles. The number of hydrogen-bond acceptors (Lipinski definition) is 4. The molecule has 102 valence electrons. The minimum Gasteiger partial charge on any atom is -0.333 e. The average molecular weight is 269 g/mol. The smallest absolute Gasteiger partial charge is 0.163 e. The van der Waals surface area contributed by atoms with Crippen molar-refractivity contribution in [3.05, 3.63) is 29.7 Å². The van der Waals surface area contributed by atoms with Crippen LogP contribution in [-0.4, -0.2) is 30.1 Å². The molecule has 0 saturated heterocycles. The van der Waals surface area contributed by atoms with Crippen molar-refractivity contribution in [1.82, 2.24) is 24.3 Å². The lowest BCUT2D eigenvalue weighted by molar-refractivity contribution is 0.101. The first-order chi connectivity index (χ1) is 9.47. The minimum atomic E-state index is -0.0141. The van der Waals surface area contributed by atoms with Crippen LogP contribution in [0, 0.1) is 6.92 Å². The molecule has 3 aromatic heterocycles. The van der Waals surface area contributed by atoms with Gasteiger partial charge in [-0.3, -0.25) is 9.48 Å². The van der Waals surface area contributed by atoms with Gasteiger partial charge in [-0.25, -0.2) is 9.97 Å². The van der Waals surface area contributed by atoms with E-state index in [2.05, 4.69) is 15.1 Å². The Kier molecular flexibility index (Phi) is 2.67. The molecule has 0 aliphatic rings. The molecule has 0 radical (unpaired) electrons. The minimum absolute atomic E-state index is 0.0141. The van der Waals surface area contributed by atoms with Gasteiger partial charge in [0.05, 0.1) is 11.8 Å². The van der Waals surface area contributed by atoms with E-state index in [1.54, 1.807) is 17.1 Å². The molecule has 0 aliphatic heterocycles. The molecule has 0 N–H and O–H groups in total. The molecule has 3 heterocycles. The third kappa shape index (κ3) is 1.80. The summed E-state index contributed by atoms with van der Waals surface area (Å²) in [6.45, 7) is 3.51. The monoisotopic (exact) mass is 269 g/mol. The Balaban J connectivity index is 2.27. The Hall–Kier alpha value is -2.50. The van der Waals surface area contributed by atoms with Crippen LogP contribution < -0.4 is 0 Å². The van der Waals surface area contributed by atoms with Crippen molar-refractivity contribution < 1.29 is 4.79 Å². The van der Waals surface area contributed by atoms with Crippen LogP contribution in [0.3, 0.4) is 0 Å². The topological polar surface area (TPSA) is 65.6 Å². The van der Waals surface area contributed by atoms with Gasteiger partial charge in [0, 0.05) is 26.5 Å². The lowest BCUT2D eigenvalue weighted by Crippen LogP contribution is -1.95. The number of Topliss-reactive ketones (excluding diaryl/α,β-unsaturated/α-hetero) is 1. The first-order valence-corrected chi connectivity index (χ1v) is 6.31. The van der Waals surface area contributed by atoms with E-state index in [4.69, 9.17) is 0 Å². The first kappa shape index (κ1) is 12.5. The van der Waals surface area contributed by atoms with Gasteiger partial charge in [0.2, 0.25) is 0 Å². The molecule has 6 nitrogen and oxygen atoms in total. The molecule has 0 fully saturated rings. The Morgan fingerprint density at radius 2 is 2.00 bits per heavy atom.